The molecule has 0 saturated carbocycles. The van der Waals surface area contributed by atoms with Crippen LogP contribution in [0.2, 0.25) is 5.02 Å². The normalized spacial score (nSPS) is 11.7. The van der Waals surface area contributed by atoms with E-state index in [2.05, 4.69) is 5.32 Å². The average Bonchev–Trinajstić information content (AvgIpc) is 2.74. The molecule has 0 aliphatic heterocycles. The molecule has 1 N–H and O–H groups in total. The van der Waals surface area contributed by atoms with Crippen molar-refractivity contribution in [3.63, 3.8) is 0 Å². The van der Waals surface area contributed by atoms with Crippen LogP contribution >= 0.6 is 11.6 Å². The Labute approximate surface area is 183 Å². The Bertz CT molecular complexity index is 857. The molecule has 0 spiro atoms. The second-order valence-corrected chi connectivity index (χ2v) is 7.81. The number of ether oxygens (including phenoxy) is 2. The van der Waals surface area contributed by atoms with Gasteiger partial charge >= 0.3 is 0 Å². The maximum absolute atomic E-state index is 13.0. The molecule has 2 aromatic rings. The lowest BCUT2D eigenvalue weighted by molar-refractivity contribution is -0.142. The summed E-state index contributed by atoms with van der Waals surface area (Å²) in [4.78, 5) is 27.2. The number of hydrogen-bond acceptors (Lipinski definition) is 4. The molecule has 2 amide bonds. The fourth-order valence-electron chi connectivity index (χ4n) is 2.79. The van der Waals surface area contributed by atoms with Crippen LogP contribution in [0.15, 0.2) is 48.5 Å². The van der Waals surface area contributed by atoms with Crippen LogP contribution in [0.3, 0.4) is 0 Å². The van der Waals surface area contributed by atoms with Crippen LogP contribution in [-0.4, -0.2) is 43.0 Å². The van der Waals surface area contributed by atoms with E-state index in [1.807, 2.05) is 38.1 Å². The van der Waals surface area contributed by atoms with Gasteiger partial charge in [-0.1, -0.05) is 49.7 Å². The van der Waals surface area contributed by atoms with Crippen LogP contribution in [0.4, 0.5) is 0 Å². The topological polar surface area (TPSA) is 67.9 Å². The van der Waals surface area contributed by atoms with E-state index in [1.54, 1.807) is 38.3 Å². The van der Waals surface area contributed by atoms with Crippen molar-refractivity contribution in [3.8, 4) is 11.5 Å². The summed E-state index contributed by atoms with van der Waals surface area (Å²) in [6.07, 6.45) is 0. The summed E-state index contributed by atoms with van der Waals surface area (Å²) in [6.45, 7) is 6.31. The number of para-hydroxylation sites is 1. The van der Waals surface area contributed by atoms with Crippen molar-refractivity contribution in [1.82, 2.24) is 10.2 Å². The van der Waals surface area contributed by atoms with Gasteiger partial charge in [-0.25, -0.2) is 0 Å². The number of halogens is 1. The van der Waals surface area contributed by atoms with E-state index < -0.39 is 6.04 Å². The first-order valence-corrected chi connectivity index (χ1v) is 10.3. The molecule has 162 valence electrons. The number of carbonyl (C=O) groups is 2. The maximum Gasteiger partial charge on any atom is 0.261 e. The van der Waals surface area contributed by atoms with Gasteiger partial charge in [0.2, 0.25) is 5.91 Å². The Kier molecular flexibility index (Phi) is 8.99. The first-order chi connectivity index (χ1) is 14.3. The van der Waals surface area contributed by atoms with Crippen LogP contribution in [0.1, 0.15) is 26.3 Å². The average molecular weight is 433 g/mol. The second-order valence-electron chi connectivity index (χ2n) is 7.41. The fourth-order valence-corrected chi connectivity index (χ4v) is 2.98. The van der Waals surface area contributed by atoms with Gasteiger partial charge < -0.3 is 19.7 Å². The summed E-state index contributed by atoms with van der Waals surface area (Å²) in [5.41, 5.74) is 0.851. The van der Waals surface area contributed by atoms with E-state index in [0.29, 0.717) is 29.0 Å². The highest BCUT2D eigenvalue weighted by Gasteiger charge is 2.26. The highest BCUT2D eigenvalue weighted by molar-refractivity contribution is 6.32. The molecule has 0 aliphatic carbocycles. The lowest BCUT2D eigenvalue weighted by atomic mass is 10.1. The molecule has 30 heavy (non-hydrogen) atoms. The van der Waals surface area contributed by atoms with Gasteiger partial charge in [-0.2, -0.15) is 0 Å². The van der Waals surface area contributed by atoms with Crippen molar-refractivity contribution < 1.29 is 19.1 Å². The van der Waals surface area contributed by atoms with Gasteiger partial charge in [0.1, 0.15) is 17.5 Å². The Balaban J connectivity index is 2.17. The molecule has 0 heterocycles. The molecular formula is C23H29ClN2O4. The van der Waals surface area contributed by atoms with Gasteiger partial charge in [-0.15, -0.1) is 0 Å². The number of nitrogens with one attached hydrogen (secondary N) is 1. The lowest BCUT2D eigenvalue weighted by Crippen LogP contribution is -2.49. The van der Waals surface area contributed by atoms with Gasteiger partial charge in [-0.3, -0.25) is 9.59 Å². The smallest absolute Gasteiger partial charge is 0.261 e. The van der Waals surface area contributed by atoms with Gasteiger partial charge in [0.25, 0.3) is 5.91 Å². The molecule has 1 atom stereocenters. The third-order valence-corrected chi connectivity index (χ3v) is 4.84. The van der Waals surface area contributed by atoms with Crippen LogP contribution in [0, 0.1) is 5.92 Å². The van der Waals surface area contributed by atoms with Crippen LogP contribution in [0.25, 0.3) is 0 Å². The van der Waals surface area contributed by atoms with Crippen LogP contribution in [-0.2, 0) is 16.1 Å². The van der Waals surface area contributed by atoms with E-state index in [-0.39, 0.29) is 25.0 Å². The highest BCUT2D eigenvalue weighted by Crippen LogP contribution is 2.23. The maximum atomic E-state index is 13.0. The molecule has 0 radical (unpaired) electrons. The van der Waals surface area contributed by atoms with Gasteiger partial charge in [0.05, 0.1) is 12.1 Å². The number of benzene rings is 2. The summed E-state index contributed by atoms with van der Waals surface area (Å²) in [5.74, 6) is 0.893. The number of nitrogens with zero attached hydrogens (tertiary/aromatic N) is 1. The summed E-state index contributed by atoms with van der Waals surface area (Å²) in [5, 5.41) is 3.31. The highest BCUT2D eigenvalue weighted by atomic mass is 35.5. The lowest BCUT2D eigenvalue weighted by Gasteiger charge is -2.29. The summed E-state index contributed by atoms with van der Waals surface area (Å²) in [7, 11) is 1.58. The predicted molar refractivity (Wildman–Crippen MR) is 118 cm³/mol. The van der Waals surface area contributed by atoms with E-state index in [0.717, 1.165) is 5.56 Å². The fraction of sp³-hybridized carbons (Fsp3) is 0.391. The van der Waals surface area contributed by atoms with E-state index in [4.69, 9.17) is 21.1 Å². The third-order valence-electron chi connectivity index (χ3n) is 4.53. The molecule has 0 aliphatic rings. The van der Waals surface area contributed by atoms with E-state index >= 15 is 0 Å². The van der Waals surface area contributed by atoms with Crippen molar-refractivity contribution in [2.24, 2.45) is 5.92 Å². The standard InChI is InChI=1S/C23H29ClN2O4/c1-16(2)13-25-23(28)17(3)26(14-18-8-7-9-19(12-18)29-4)22(27)15-30-21-11-6-5-10-20(21)24/h5-12,16-17H,13-15H2,1-4H3,(H,25,28). The molecular weight excluding hydrogens is 404 g/mol. The second kappa shape index (κ2) is 11.5. The van der Waals surface area contributed by atoms with Crippen molar-refractivity contribution in [2.75, 3.05) is 20.3 Å². The zero-order chi connectivity index (χ0) is 22.1. The Hall–Kier alpha value is -2.73. The molecule has 7 heteroatoms. The Morgan fingerprint density at radius 2 is 1.83 bits per heavy atom. The molecule has 0 saturated heterocycles. The molecule has 0 fully saturated rings. The van der Waals surface area contributed by atoms with Gasteiger partial charge in [0, 0.05) is 13.1 Å². The van der Waals surface area contributed by atoms with Crippen LogP contribution in [0.5, 0.6) is 11.5 Å². The number of rotatable bonds is 10. The molecule has 0 aromatic heterocycles. The van der Waals surface area contributed by atoms with Crippen molar-refractivity contribution >= 4 is 23.4 Å². The minimum Gasteiger partial charge on any atom is -0.497 e. The van der Waals surface area contributed by atoms with Crippen molar-refractivity contribution in [1.29, 1.82) is 0 Å². The van der Waals surface area contributed by atoms with Gasteiger partial charge in [-0.05, 0) is 42.7 Å². The zero-order valence-electron chi connectivity index (χ0n) is 17.9. The van der Waals surface area contributed by atoms with Crippen LogP contribution < -0.4 is 14.8 Å². The first kappa shape index (κ1) is 23.5. The Morgan fingerprint density at radius 1 is 1.10 bits per heavy atom. The quantitative estimate of drug-likeness (QED) is 0.618. The predicted octanol–water partition coefficient (Wildman–Crippen LogP) is 3.92. The number of carbonyl (C=O) groups excluding carboxylic acids is 2. The summed E-state index contributed by atoms with van der Waals surface area (Å²) < 4.78 is 10.9. The first-order valence-electron chi connectivity index (χ1n) is 9.89. The largest absolute Gasteiger partial charge is 0.497 e. The third kappa shape index (κ3) is 6.95. The number of methoxy groups -OCH3 is 1. The zero-order valence-corrected chi connectivity index (χ0v) is 18.6. The monoisotopic (exact) mass is 432 g/mol. The summed E-state index contributed by atoms with van der Waals surface area (Å²) in [6, 6.07) is 13.7. The number of hydrogen-bond donors (Lipinski definition) is 1. The minimum atomic E-state index is -0.669. The molecule has 1 unspecified atom stereocenters. The van der Waals surface area contributed by atoms with E-state index in [1.165, 1.54) is 4.90 Å². The molecule has 2 rings (SSSR count). The summed E-state index contributed by atoms with van der Waals surface area (Å²) >= 11 is 6.11. The van der Waals surface area contributed by atoms with E-state index in [9.17, 15) is 9.59 Å². The molecule has 2 aromatic carbocycles. The minimum absolute atomic E-state index is 0.210. The molecule has 6 nitrogen and oxygen atoms in total. The SMILES string of the molecule is COc1cccc(CN(C(=O)COc2ccccc2Cl)C(C)C(=O)NCC(C)C)c1. The number of amides is 2. The Morgan fingerprint density at radius 3 is 2.50 bits per heavy atom. The molecule has 0 bridgehead atoms. The van der Waals surface area contributed by atoms with Crippen molar-refractivity contribution in [2.45, 2.75) is 33.4 Å². The van der Waals surface area contributed by atoms with Gasteiger partial charge in [0.15, 0.2) is 6.61 Å². The van der Waals surface area contributed by atoms with Crippen molar-refractivity contribution in [3.05, 3.63) is 59.1 Å².